The molecular weight excluding hydrogens is 210 g/mol. The van der Waals surface area contributed by atoms with Gasteiger partial charge >= 0.3 is 0 Å². The van der Waals surface area contributed by atoms with Crippen LogP contribution < -0.4 is 0 Å². The van der Waals surface area contributed by atoms with Gasteiger partial charge in [0.2, 0.25) is 6.08 Å². The third-order valence-corrected chi connectivity index (χ3v) is 3.84. The number of hydrogen-bond donors (Lipinski definition) is 0. The lowest BCUT2D eigenvalue weighted by atomic mass is 9.84. The van der Waals surface area contributed by atoms with E-state index in [9.17, 15) is 4.79 Å². The van der Waals surface area contributed by atoms with E-state index in [1.54, 1.807) is 6.08 Å². The highest BCUT2D eigenvalue weighted by Gasteiger charge is 2.37. The maximum absolute atomic E-state index is 10.7. The SMILES string of the molecule is CCc1ccc(C)cc1C1(N=C=O)CCCC1. The predicted molar refractivity (Wildman–Crippen MR) is 68.8 cm³/mol. The van der Waals surface area contributed by atoms with Crippen molar-refractivity contribution in [2.45, 2.75) is 51.5 Å². The Kier molecular flexibility index (Phi) is 3.44. The molecule has 1 aliphatic rings. The molecule has 1 aliphatic carbocycles. The summed E-state index contributed by atoms with van der Waals surface area (Å²) in [6.45, 7) is 4.25. The van der Waals surface area contributed by atoms with Crippen molar-refractivity contribution >= 4 is 6.08 Å². The summed E-state index contributed by atoms with van der Waals surface area (Å²) in [6, 6.07) is 6.51. The van der Waals surface area contributed by atoms with Crippen LogP contribution in [-0.4, -0.2) is 6.08 Å². The summed E-state index contributed by atoms with van der Waals surface area (Å²) >= 11 is 0. The van der Waals surface area contributed by atoms with E-state index in [1.165, 1.54) is 16.7 Å². The molecule has 0 heterocycles. The van der Waals surface area contributed by atoms with Gasteiger partial charge in [-0.3, -0.25) is 0 Å². The van der Waals surface area contributed by atoms with Crippen LogP contribution in [0.4, 0.5) is 0 Å². The number of rotatable bonds is 3. The Morgan fingerprint density at radius 1 is 1.35 bits per heavy atom. The Hall–Kier alpha value is -1.40. The van der Waals surface area contributed by atoms with Crippen molar-refractivity contribution < 1.29 is 4.79 Å². The van der Waals surface area contributed by atoms with E-state index < -0.39 is 0 Å². The van der Waals surface area contributed by atoms with E-state index in [0.29, 0.717) is 0 Å². The van der Waals surface area contributed by atoms with Crippen LogP contribution in [0.2, 0.25) is 0 Å². The number of aliphatic imine (C=N–C) groups is 1. The van der Waals surface area contributed by atoms with Crippen molar-refractivity contribution in [2.75, 3.05) is 0 Å². The third kappa shape index (κ3) is 2.18. The number of benzene rings is 1. The van der Waals surface area contributed by atoms with E-state index in [-0.39, 0.29) is 5.54 Å². The zero-order valence-electron chi connectivity index (χ0n) is 10.6. The highest BCUT2D eigenvalue weighted by molar-refractivity contribution is 5.43. The Morgan fingerprint density at radius 2 is 2.06 bits per heavy atom. The van der Waals surface area contributed by atoms with Crippen molar-refractivity contribution in [3.8, 4) is 0 Å². The minimum atomic E-state index is -0.279. The highest BCUT2D eigenvalue weighted by atomic mass is 16.1. The van der Waals surface area contributed by atoms with Gasteiger partial charge in [0.05, 0.1) is 5.54 Å². The molecule has 17 heavy (non-hydrogen) atoms. The van der Waals surface area contributed by atoms with Crippen LogP contribution in [0.1, 0.15) is 49.3 Å². The van der Waals surface area contributed by atoms with Crippen molar-refractivity contribution in [1.82, 2.24) is 0 Å². The summed E-state index contributed by atoms with van der Waals surface area (Å²) < 4.78 is 0. The number of nitrogens with zero attached hydrogens (tertiary/aromatic N) is 1. The molecule has 0 unspecified atom stereocenters. The molecule has 0 aromatic heterocycles. The fourth-order valence-corrected chi connectivity index (χ4v) is 2.92. The molecule has 0 radical (unpaired) electrons. The molecule has 2 heteroatoms. The van der Waals surface area contributed by atoms with Gasteiger partial charge in [0.15, 0.2) is 0 Å². The monoisotopic (exact) mass is 229 g/mol. The van der Waals surface area contributed by atoms with Crippen LogP contribution in [0.3, 0.4) is 0 Å². The van der Waals surface area contributed by atoms with Gasteiger partial charge in [-0.2, -0.15) is 4.99 Å². The predicted octanol–water partition coefficient (Wildman–Crippen LogP) is 3.66. The topological polar surface area (TPSA) is 29.4 Å². The zero-order valence-corrected chi connectivity index (χ0v) is 10.6. The van der Waals surface area contributed by atoms with Crippen molar-refractivity contribution in [2.24, 2.45) is 4.99 Å². The summed E-state index contributed by atoms with van der Waals surface area (Å²) in [4.78, 5) is 14.9. The molecule has 0 amide bonds. The Bertz CT molecular complexity index is 452. The van der Waals surface area contributed by atoms with Gasteiger partial charge in [0.25, 0.3) is 0 Å². The number of aryl methyl sites for hydroxylation is 2. The lowest BCUT2D eigenvalue weighted by molar-refractivity contribution is 0.452. The van der Waals surface area contributed by atoms with Gasteiger partial charge in [-0.25, -0.2) is 4.79 Å². The van der Waals surface area contributed by atoms with Gasteiger partial charge in [-0.05, 0) is 37.3 Å². The highest BCUT2D eigenvalue weighted by Crippen LogP contribution is 2.43. The largest absolute Gasteiger partial charge is 0.235 e. The second-order valence-electron chi connectivity index (χ2n) is 4.96. The van der Waals surface area contributed by atoms with Crippen LogP contribution in [-0.2, 0) is 16.8 Å². The smallest absolute Gasteiger partial charge is 0.211 e. The van der Waals surface area contributed by atoms with Gasteiger partial charge in [0, 0.05) is 0 Å². The minimum absolute atomic E-state index is 0.279. The molecular formula is C15H19NO. The number of isocyanates is 1. The van der Waals surface area contributed by atoms with Crippen LogP contribution >= 0.6 is 0 Å². The molecule has 90 valence electrons. The Balaban J connectivity index is 2.56. The summed E-state index contributed by atoms with van der Waals surface area (Å²) in [5.74, 6) is 0. The van der Waals surface area contributed by atoms with Gasteiger partial charge in [0.1, 0.15) is 0 Å². The first kappa shape index (κ1) is 12.1. The van der Waals surface area contributed by atoms with Crippen molar-refractivity contribution in [1.29, 1.82) is 0 Å². The standard InChI is InChI=1S/C15H19NO/c1-3-13-7-6-12(2)10-14(13)15(16-11-17)8-4-5-9-15/h6-7,10H,3-5,8-9H2,1-2H3. The molecule has 0 aliphatic heterocycles. The quantitative estimate of drug-likeness (QED) is 0.574. The van der Waals surface area contributed by atoms with Crippen molar-refractivity contribution in [3.05, 3.63) is 34.9 Å². The lowest BCUT2D eigenvalue weighted by Gasteiger charge is -2.26. The van der Waals surface area contributed by atoms with Crippen LogP contribution in [0, 0.1) is 6.92 Å². The van der Waals surface area contributed by atoms with E-state index >= 15 is 0 Å². The van der Waals surface area contributed by atoms with Gasteiger partial charge in [-0.1, -0.05) is 43.5 Å². The molecule has 0 atom stereocenters. The van der Waals surface area contributed by atoms with E-state index in [1.807, 2.05) is 0 Å². The van der Waals surface area contributed by atoms with Crippen LogP contribution in [0.25, 0.3) is 0 Å². The second kappa shape index (κ2) is 4.85. The Morgan fingerprint density at radius 3 is 2.65 bits per heavy atom. The second-order valence-corrected chi connectivity index (χ2v) is 4.96. The molecule has 1 aromatic rings. The molecule has 0 saturated heterocycles. The maximum Gasteiger partial charge on any atom is 0.235 e. The summed E-state index contributed by atoms with van der Waals surface area (Å²) in [7, 11) is 0. The van der Waals surface area contributed by atoms with Crippen molar-refractivity contribution in [3.63, 3.8) is 0 Å². The summed E-state index contributed by atoms with van der Waals surface area (Å²) in [6.07, 6.45) is 7.07. The molecule has 1 saturated carbocycles. The van der Waals surface area contributed by atoms with Gasteiger partial charge < -0.3 is 0 Å². The molecule has 1 fully saturated rings. The zero-order chi connectivity index (χ0) is 12.3. The first-order valence-electron chi connectivity index (χ1n) is 6.41. The summed E-state index contributed by atoms with van der Waals surface area (Å²) in [5, 5.41) is 0. The Labute approximate surface area is 103 Å². The van der Waals surface area contributed by atoms with E-state index in [4.69, 9.17) is 0 Å². The fraction of sp³-hybridized carbons (Fsp3) is 0.533. The fourth-order valence-electron chi connectivity index (χ4n) is 2.92. The molecule has 0 N–H and O–H groups in total. The number of carbonyl (C=O) groups excluding carboxylic acids is 1. The normalized spacial score (nSPS) is 17.8. The number of hydrogen-bond acceptors (Lipinski definition) is 2. The third-order valence-electron chi connectivity index (χ3n) is 3.84. The molecule has 1 aromatic carbocycles. The first-order valence-corrected chi connectivity index (χ1v) is 6.41. The molecule has 0 spiro atoms. The molecule has 2 nitrogen and oxygen atoms in total. The molecule has 2 rings (SSSR count). The average molecular weight is 229 g/mol. The minimum Gasteiger partial charge on any atom is -0.211 e. The average Bonchev–Trinajstić information content (AvgIpc) is 2.79. The maximum atomic E-state index is 10.7. The van der Waals surface area contributed by atoms with Crippen LogP contribution in [0.15, 0.2) is 23.2 Å². The van der Waals surface area contributed by atoms with Gasteiger partial charge in [-0.15, -0.1) is 0 Å². The molecule has 0 bridgehead atoms. The first-order chi connectivity index (χ1) is 8.22. The summed E-state index contributed by atoms with van der Waals surface area (Å²) in [5.41, 5.74) is 3.53. The van der Waals surface area contributed by atoms with E-state index in [0.717, 1.165) is 32.1 Å². The van der Waals surface area contributed by atoms with Crippen LogP contribution in [0.5, 0.6) is 0 Å². The lowest BCUT2D eigenvalue weighted by Crippen LogP contribution is -2.21. The van der Waals surface area contributed by atoms with E-state index in [2.05, 4.69) is 37.0 Å².